The van der Waals surface area contributed by atoms with Gasteiger partial charge in [-0.15, -0.1) is 0 Å². The van der Waals surface area contributed by atoms with Crippen molar-refractivity contribution in [2.75, 3.05) is 27.3 Å². The van der Waals surface area contributed by atoms with Crippen LogP contribution in [0.15, 0.2) is 36.5 Å². The van der Waals surface area contributed by atoms with E-state index in [1.807, 2.05) is 35.2 Å². The van der Waals surface area contributed by atoms with Crippen LogP contribution in [0.3, 0.4) is 0 Å². The number of nitrogens with zero attached hydrogens (tertiary/aromatic N) is 3. The fourth-order valence-corrected chi connectivity index (χ4v) is 4.29. The van der Waals surface area contributed by atoms with Crippen molar-refractivity contribution in [2.45, 2.75) is 32.4 Å². The summed E-state index contributed by atoms with van der Waals surface area (Å²) in [7, 11) is 3.25. The molecular weight excluding hydrogens is 382 g/mol. The molecule has 1 atom stereocenters. The number of carbonyl (C=O) groups is 2. The van der Waals surface area contributed by atoms with Crippen molar-refractivity contribution in [3.05, 3.63) is 53.3 Å². The predicted octanol–water partition coefficient (Wildman–Crippen LogP) is 2.42. The van der Waals surface area contributed by atoms with Gasteiger partial charge < -0.3 is 19.3 Å². The maximum Gasteiger partial charge on any atom is 0.227 e. The SMILES string of the molecule is COc1cc2c(cc1OC)CN(C(=O)C1CCC(=O)N(Cc3ccccn3)C1)CC2. The quantitative estimate of drug-likeness (QED) is 0.759. The number of likely N-dealkylation sites (tertiary alicyclic amines) is 1. The van der Waals surface area contributed by atoms with E-state index in [0.29, 0.717) is 50.5 Å². The molecule has 0 bridgehead atoms. The van der Waals surface area contributed by atoms with Gasteiger partial charge in [0, 0.05) is 32.3 Å². The third kappa shape index (κ3) is 4.10. The van der Waals surface area contributed by atoms with Gasteiger partial charge in [0.2, 0.25) is 11.8 Å². The molecule has 0 aliphatic carbocycles. The molecule has 3 heterocycles. The second-order valence-corrected chi connectivity index (χ2v) is 7.82. The molecule has 1 aromatic heterocycles. The van der Waals surface area contributed by atoms with Crippen LogP contribution in [0.2, 0.25) is 0 Å². The molecule has 1 unspecified atom stereocenters. The van der Waals surface area contributed by atoms with E-state index in [1.165, 1.54) is 5.56 Å². The first kappa shape index (κ1) is 20.2. The zero-order valence-corrected chi connectivity index (χ0v) is 17.5. The Labute approximate surface area is 176 Å². The largest absolute Gasteiger partial charge is 0.493 e. The standard InChI is InChI=1S/C23H27N3O4/c1-29-20-11-16-8-10-25(14-18(16)12-21(20)30-2)23(28)17-6-7-22(27)26(13-17)15-19-5-3-4-9-24-19/h3-5,9,11-12,17H,6-8,10,13-15H2,1-2H3. The van der Waals surface area contributed by atoms with Gasteiger partial charge in [-0.1, -0.05) is 6.07 Å². The summed E-state index contributed by atoms with van der Waals surface area (Å²) >= 11 is 0. The van der Waals surface area contributed by atoms with Crippen LogP contribution in [-0.2, 0) is 29.1 Å². The lowest BCUT2D eigenvalue weighted by Crippen LogP contribution is -2.47. The molecule has 0 N–H and O–H groups in total. The fourth-order valence-electron chi connectivity index (χ4n) is 4.29. The van der Waals surface area contributed by atoms with Gasteiger partial charge in [0.15, 0.2) is 11.5 Å². The number of amides is 2. The van der Waals surface area contributed by atoms with Gasteiger partial charge in [-0.05, 0) is 48.2 Å². The molecule has 158 valence electrons. The predicted molar refractivity (Wildman–Crippen MR) is 111 cm³/mol. The van der Waals surface area contributed by atoms with Gasteiger partial charge in [-0.2, -0.15) is 0 Å². The van der Waals surface area contributed by atoms with Gasteiger partial charge in [0.05, 0.1) is 32.4 Å². The first-order valence-corrected chi connectivity index (χ1v) is 10.3. The molecule has 0 saturated carbocycles. The summed E-state index contributed by atoms with van der Waals surface area (Å²) in [5.74, 6) is 1.43. The number of methoxy groups -OCH3 is 2. The van der Waals surface area contributed by atoms with Crippen molar-refractivity contribution in [2.24, 2.45) is 5.92 Å². The highest BCUT2D eigenvalue weighted by Crippen LogP contribution is 2.34. The lowest BCUT2D eigenvalue weighted by atomic mass is 9.93. The molecule has 2 aliphatic rings. The van der Waals surface area contributed by atoms with Crippen LogP contribution in [0.1, 0.15) is 29.7 Å². The number of benzene rings is 1. The van der Waals surface area contributed by atoms with Crippen LogP contribution >= 0.6 is 0 Å². The van der Waals surface area contributed by atoms with E-state index in [-0.39, 0.29) is 17.7 Å². The number of aromatic nitrogens is 1. The maximum atomic E-state index is 13.3. The molecule has 30 heavy (non-hydrogen) atoms. The van der Waals surface area contributed by atoms with Crippen molar-refractivity contribution >= 4 is 11.8 Å². The van der Waals surface area contributed by atoms with Crippen molar-refractivity contribution < 1.29 is 19.1 Å². The van der Waals surface area contributed by atoms with E-state index >= 15 is 0 Å². The summed E-state index contributed by atoms with van der Waals surface area (Å²) in [6.07, 6.45) is 3.51. The summed E-state index contributed by atoms with van der Waals surface area (Å²) in [4.78, 5) is 33.6. The molecule has 7 nitrogen and oxygen atoms in total. The number of pyridine rings is 1. The minimum atomic E-state index is -0.173. The number of hydrogen-bond acceptors (Lipinski definition) is 5. The summed E-state index contributed by atoms with van der Waals surface area (Å²) in [5, 5.41) is 0. The number of carbonyl (C=O) groups excluding carboxylic acids is 2. The average Bonchev–Trinajstić information content (AvgIpc) is 2.79. The molecule has 1 fully saturated rings. The lowest BCUT2D eigenvalue weighted by Gasteiger charge is -2.36. The lowest BCUT2D eigenvalue weighted by molar-refractivity contribution is -0.144. The Bertz CT molecular complexity index is 932. The zero-order chi connectivity index (χ0) is 21.1. The Morgan fingerprint density at radius 1 is 1.13 bits per heavy atom. The van der Waals surface area contributed by atoms with Gasteiger partial charge >= 0.3 is 0 Å². The summed E-state index contributed by atoms with van der Waals surface area (Å²) in [5.41, 5.74) is 3.11. The normalized spacial score (nSPS) is 18.7. The van der Waals surface area contributed by atoms with Crippen LogP contribution in [-0.4, -0.2) is 53.9 Å². The monoisotopic (exact) mass is 409 g/mol. The number of fused-ring (bicyclic) bond motifs is 1. The maximum absolute atomic E-state index is 13.3. The van der Waals surface area contributed by atoms with E-state index in [2.05, 4.69) is 4.98 Å². The van der Waals surface area contributed by atoms with E-state index in [0.717, 1.165) is 17.7 Å². The average molecular weight is 409 g/mol. The minimum absolute atomic E-state index is 0.0884. The first-order chi connectivity index (χ1) is 14.6. The molecular formula is C23H27N3O4. The van der Waals surface area contributed by atoms with E-state index in [9.17, 15) is 9.59 Å². The highest BCUT2D eigenvalue weighted by Gasteiger charge is 2.34. The van der Waals surface area contributed by atoms with Crippen LogP contribution < -0.4 is 9.47 Å². The van der Waals surface area contributed by atoms with Crippen molar-refractivity contribution in [1.82, 2.24) is 14.8 Å². The van der Waals surface area contributed by atoms with Gasteiger partial charge in [-0.3, -0.25) is 14.6 Å². The molecule has 2 aromatic rings. The minimum Gasteiger partial charge on any atom is -0.493 e. The Hall–Kier alpha value is -3.09. The molecule has 4 rings (SSSR count). The molecule has 0 spiro atoms. The molecule has 2 aliphatic heterocycles. The van der Waals surface area contributed by atoms with Crippen molar-refractivity contribution in [3.63, 3.8) is 0 Å². The summed E-state index contributed by atoms with van der Waals surface area (Å²) in [6.45, 7) is 2.12. The molecule has 2 amide bonds. The third-order valence-corrected chi connectivity index (χ3v) is 5.96. The Balaban J connectivity index is 1.45. The summed E-state index contributed by atoms with van der Waals surface area (Å²) in [6, 6.07) is 9.64. The highest BCUT2D eigenvalue weighted by molar-refractivity contribution is 5.84. The second-order valence-electron chi connectivity index (χ2n) is 7.82. The second kappa shape index (κ2) is 8.73. The Kier molecular flexibility index (Phi) is 5.88. The number of piperidine rings is 1. The van der Waals surface area contributed by atoms with E-state index < -0.39 is 0 Å². The van der Waals surface area contributed by atoms with Gasteiger partial charge in [-0.25, -0.2) is 0 Å². The van der Waals surface area contributed by atoms with Crippen LogP contribution in [0.5, 0.6) is 11.5 Å². The van der Waals surface area contributed by atoms with Gasteiger partial charge in [0.25, 0.3) is 0 Å². The molecule has 1 saturated heterocycles. The third-order valence-electron chi connectivity index (χ3n) is 5.96. The van der Waals surface area contributed by atoms with E-state index in [4.69, 9.17) is 9.47 Å². The van der Waals surface area contributed by atoms with Crippen LogP contribution in [0.25, 0.3) is 0 Å². The molecule has 1 aromatic carbocycles. The number of hydrogen-bond donors (Lipinski definition) is 0. The summed E-state index contributed by atoms with van der Waals surface area (Å²) < 4.78 is 10.8. The Morgan fingerprint density at radius 2 is 1.90 bits per heavy atom. The fraction of sp³-hybridized carbons (Fsp3) is 0.435. The molecule has 0 radical (unpaired) electrons. The highest BCUT2D eigenvalue weighted by atomic mass is 16.5. The number of ether oxygens (including phenoxy) is 2. The van der Waals surface area contributed by atoms with Crippen molar-refractivity contribution in [1.29, 1.82) is 0 Å². The van der Waals surface area contributed by atoms with Crippen molar-refractivity contribution in [3.8, 4) is 11.5 Å². The molecule has 7 heteroatoms. The first-order valence-electron chi connectivity index (χ1n) is 10.3. The van der Waals surface area contributed by atoms with Crippen LogP contribution in [0, 0.1) is 5.92 Å². The zero-order valence-electron chi connectivity index (χ0n) is 17.5. The smallest absolute Gasteiger partial charge is 0.227 e. The van der Waals surface area contributed by atoms with Gasteiger partial charge in [0.1, 0.15) is 0 Å². The topological polar surface area (TPSA) is 72.0 Å². The number of rotatable bonds is 5. The Morgan fingerprint density at radius 3 is 2.60 bits per heavy atom. The van der Waals surface area contributed by atoms with Crippen LogP contribution in [0.4, 0.5) is 0 Å². The van der Waals surface area contributed by atoms with E-state index in [1.54, 1.807) is 25.3 Å².